The summed E-state index contributed by atoms with van der Waals surface area (Å²) in [5.74, 6) is 0.986. The highest BCUT2D eigenvalue weighted by molar-refractivity contribution is 7.92. The highest BCUT2D eigenvalue weighted by Crippen LogP contribution is 2.42. The Bertz CT molecular complexity index is 144. The van der Waals surface area contributed by atoms with Crippen LogP contribution >= 0.6 is 0 Å². The molecular weight excluding hydrogens is 168 g/mol. The van der Waals surface area contributed by atoms with Crippen LogP contribution in [0.3, 0.4) is 0 Å². The maximum Gasteiger partial charge on any atom is 0.125 e. The minimum atomic E-state index is -0.485. The molecule has 0 aromatic rings. The molecule has 1 unspecified atom stereocenters. The molecule has 2 rings (SSSR count). The molecule has 0 aromatic carbocycles. The summed E-state index contributed by atoms with van der Waals surface area (Å²) in [5, 5.41) is 0. The highest BCUT2D eigenvalue weighted by atomic mass is 32.2. The second-order valence-corrected chi connectivity index (χ2v) is 6.22. The molecule has 1 nitrogen and oxygen atoms in total. The molecule has 1 saturated heterocycles. The lowest BCUT2D eigenvalue weighted by Crippen LogP contribution is -2.44. The van der Waals surface area contributed by atoms with Gasteiger partial charge in [0.25, 0.3) is 0 Å². The van der Waals surface area contributed by atoms with Crippen LogP contribution in [0.2, 0.25) is 0 Å². The van der Waals surface area contributed by atoms with E-state index in [1.165, 1.54) is 51.4 Å². The average Bonchev–Trinajstić information content (AvgIpc) is 2.12. The standard InChI is InChI=1S/C10H18OS/c11-12-9-5-4-8-10(12)6-2-1-3-7-10/h1-9H2. The Morgan fingerprint density at radius 3 is 2.00 bits per heavy atom. The topological polar surface area (TPSA) is 23.1 Å². The molecule has 2 aliphatic rings. The molecule has 70 valence electrons. The van der Waals surface area contributed by atoms with Gasteiger partial charge >= 0.3 is 0 Å². The predicted molar refractivity (Wildman–Crippen MR) is 52.7 cm³/mol. The third-order valence-electron chi connectivity index (χ3n) is 3.46. The van der Waals surface area contributed by atoms with E-state index in [-0.39, 0.29) is 4.75 Å². The van der Waals surface area contributed by atoms with Gasteiger partial charge in [-0.3, -0.25) is 0 Å². The molecule has 0 radical (unpaired) electrons. The zero-order chi connectivity index (χ0) is 8.44. The van der Waals surface area contributed by atoms with Crippen LogP contribution in [0, 0.1) is 0 Å². The van der Waals surface area contributed by atoms with E-state index in [0.29, 0.717) is 0 Å². The van der Waals surface area contributed by atoms with Gasteiger partial charge in [0.2, 0.25) is 0 Å². The lowest BCUT2D eigenvalue weighted by molar-refractivity contribution is 0.336. The number of hydrogen-bond acceptors (Lipinski definition) is 1. The summed E-state index contributed by atoms with van der Waals surface area (Å²) < 4.78 is 12.2. The van der Waals surface area contributed by atoms with Crippen LogP contribution in [0.25, 0.3) is 0 Å². The van der Waals surface area contributed by atoms with Crippen LogP contribution in [-0.2, 0) is 11.2 Å². The third kappa shape index (κ3) is 1.51. The summed E-state index contributed by atoms with van der Waals surface area (Å²) in [4.78, 5) is 0. The summed E-state index contributed by atoms with van der Waals surface area (Å²) in [6.07, 6.45) is 10.3. The quantitative estimate of drug-likeness (QED) is 0.533. The fourth-order valence-electron chi connectivity index (χ4n) is 2.68. The molecule has 1 heterocycles. The third-order valence-corrected chi connectivity index (χ3v) is 5.70. The van der Waals surface area contributed by atoms with Crippen LogP contribution in [0.4, 0.5) is 0 Å². The van der Waals surface area contributed by atoms with Crippen molar-refractivity contribution in [2.24, 2.45) is 0 Å². The van der Waals surface area contributed by atoms with Crippen molar-refractivity contribution < 1.29 is 4.55 Å². The maximum absolute atomic E-state index is 11.9. The van der Waals surface area contributed by atoms with Crippen LogP contribution in [0.15, 0.2) is 0 Å². The van der Waals surface area contributed by atoms with Gasteiger partial charge < -0.3 is 4.55 Å². The highest BCUT2D eigenvalue weighted by Gasteiger charge is 2.44. The van der Waals surface area contributed by atoms with E-state index >= 15 is 0 Å². The van der Waals surface area contributed by atoms with E-state index in [4.69, 9.17) is 0 Å². The summed E-state index contributed by atoms with van der Waals surface area (Å²) >= 11 is -0.485. The molecule has 1 aliphatic heterocycles. The van der Waals surface area contributed by atoms with E-state index in [1.807, 2.05) is 0 Å². The van der Waals surface area contributed by atoms with Crippen molar-refractivity contribution in [2.75, 3.05) is 5.75 Å². The van der Waals surface area contributed by atoms with Gasteiger partial charge in [-0.2, -0.15) is 0 Å². The predicted octanol–water partition coefficient (Wildman–Crippen LogP) is 2.62. The summed E-state index contributed by atoms with van der Waals surface area (Å²) in [6, 6.07) is 0. The second-order valence-electron chi connectivity index (χ2n) is 4.25. The molecule has 1 spiro atoms. The Morgan fingerprint density at radius 1 is 0.833 bits per heavy atom. The van der Waals surface area contributed by atoms with Gasteiger partial charge in [0.05, 0.1) is 0 Å². The normalized spacial score (nSPS) is 35.2. The fourth-order valence-corrected chi connectivity index (χ4v) is 4.70. The smallest absolute Gasteiger partial charge is 0.125 e. The van der Waals surface area contributed by atoms with Crippen LogP contribution in [0.5, 0.6) is 0 Å². The van der Waals surface area contributed by atoms with Crippen LogP contribution in [0.1, 0.15) is 51.4 Å². The number of rotatable bonds is 0. The fraction of sp³-hybridized carbons (Fsp3) is 1.00. The molecule has 0 amide bonds. The van der Waals surface area contributed by atoms with Gasteiger partial charge in [-0.15, -0.1) is 0 Å². The van der Waals surface area contributed by atoms with Crippen molar-refractivity contribution in [3.05, 3.63) is 0 Å². The van der Waals surface area contributed by atoms with E-state index in [1.54, 1.807) is 0 Å². The average molecular weight is 186 g/mol. The van der Waals surface area contributed by atoms with Gasteiger partial charge in [-0.05, 0) is 56.1 Å². The molecule has 1 atom stereocenters. The van der Waals surface area contributed by atoms with E-state index in [2.05, 4.69) is 0 Å². The SMILES string of the molecule is [O-][S+]1CCCCC12CCCCC2. The first-order valence-corrected chi connectivity index (χ1v) is 6.54. The lowest BCUT2D eigenvalue weighted by Gasteiger charge is -2.41. The van der Waals surface area contributed by atoms with Crippen molar-refractivity contribution in [1.29, 1.82) is 0 Å². The molecule has 1 saturated carbocycles. The van der Waals surface area contributed by atoms with Gasteiger partial charge in [0.1, 0.15) is 10.5 Å². The molecule has 1 aliphatic carbocycles. The van der Waals surface area contributed by atoms with Gasteiger partial charge in [-0.1, -0.05) is 6.42 Å². The lowest BCUT2D eigenvalue weighted by atomic mass is 9.84. The van der Waals surface area contributed by atoms with E-state index in [0.717, 1.165) is 5.75 Å². The minimum absolute atomic E-state index is 0.288. The summed E-state index contributed by atoms with van der Waals surface area (Å²) in [5.41, 5.74) is 0. The van der Waals surface area contributed by atoms with Crippen molar-refractivity contribution in [2.45, 2.75) is 56.1 Å². The minimum Gasteiger partial charge on any atom is -0.616 e. The molecule has 2 heteroatoms. The first kappa shape index (κ1) is 8.89. The summed E-state index contributed by atoms with van der Waals surface area (Å²) in [6.45, 7) is 0. The maximum atomic E-state index is 11.9. The number of hydrogen-bond donors (Lipinski definition) is 0. The van der Waals surface area contributed by atoms with Crippen LogP contribution < -0.4 is 0 Å². The first-order chi connectivity index (χ1) is 5.83. The van der Waals surface area contributed by atoms with E-state index in [9.17, 15) is 4.55 Å². The molecule has 12 heavy (non-hydrogen) atoms. The largest absolute Gasteiger partial charge is 0.616 e. The van der Waals surface area contributed by atoms with Crippen molar-refractivity contribution >= 4 is 11.2 Å². The molecular formula is C10H18OS. The monoisotopic (exact) mass is 186 g/mol. The van der Waals surface area contributed by atoms with Crippen molar-refractivity contribution in [3.8, 4) is 0 Å². The Morgan fingerprint density at radius 2 is 1.42 bits per heavy atom. The van der Waals surface area contributed by atoms with Gasteiger partial charge in [0.15, 0.2) is 0 Å². The Balaban J connectivity index is 2.04. The van der Waals surface area contributed by atoms with Crippen LogP contribution in [-0.4, -0.2) is 15.1 Å². The zero-order valence-corrected chi connectivity index (χ0v) is 8.50. The molecule has 0 bridgehead atoms. The Hall–Kier alpha value is 0.310. The van der Waals surface area contributed by atoms with Gasteiger partial charge in [-0.25, -0.2) is 0 Å². The Labute approximate surface area is 78.1 Å². The van der Waals surface area contributed by atoms with Crippen molar-refractivity contribution in [3.63, 3.8) is 0 Å². The van der Waals surface area contributed by atoms with E-state index < -0.39 is 11.2 Å². The van der Waals surface area contributed by atoms with Crippen molar-refractivity contribution in [1.82, 2.24) is 0 Å². The second kappa shape index (κ2) is 3.59. The molecule has 0 N–H and O–H groups in total. The first-order valence-electron chi connectivity index (χ1n) is 5.22. The zero-order valence-electron chi connectivity index (χ0n) is 7.68. The molecule has 2 fully saturated rings. The Kier molecular flexibility index (Phi) is 2.66. The van der Waals surface area contributed by atoms with Gasteiger partial charge in [0, 0.05) is 0 Å². The molecule has 0 aromatic heterocycles. The summed E-state index contributed by atoms with van der Waals surface area (Å²) in [7, 11) is 0.